The Morgan fingerprint density at radius 2 is 2.07 bits per heavy atom. The van der Waals surface area contributed by atoms with Crippen LogP contribution in [0.1, 0.15) is 31.0 Å². The molecule has 0 saturated heterocycles. The van der Waals surface area contributed by atoms with E-state index < -0.39 is 6.17 Å². The number of halogens is 2. The van der Waals surface area contributed by atoms with E-state index in [1.165, 1.54) is 0 Å². The SMILES string of the molecule is NC1(CC(F)c2ccccc2Br)CC1. The highest BCUT2D eigenvalue weighted by Crippen LogP contribution is 2.42. The van der Waals surface area contributed by atoms with Gasteiger partial charge in [0.05, 0.1) is 0 Å². The highest BCUT2D eigenvalue weighted by Gasteiger charge is 2.40. The van der Waals surface area contributed by atoms with Crippen LogP contribution < -0.4 is 5.73 Å². The summed E-state index contributed by atoms with van der Waals surface area (Å²) in [5.41, 5.74) is 6.36. The van der Waals surface area contributed by atoms with E-state index >= 15 is 0 Å². The van der Waals surface area contributed by atoms with Gasteiger partial charge in [-0.2, -0.15) is 0 Å². The zero-order valence-corrected chi connectivity index (χ0v) is 9.43. The van der Waals surface area contributed by atoms with E-state index in [-0.39, 0.29) is 5.54 Å². The first-order chi connectivity index (χ1) is 6.61. The van der Waals surface area contributed by atoms with Crippen LogP contribution in [-0.2, 0) is 0 Å². The topological polar surface area (TPSA) is 26.0 Å². The molecule has 3 heteroatoms. The second-order valence-corrected chi connectivity index (χ2v) is 4.91. The smallest absolute Gasteiger partial charge is 0.128 e. The van der Waals surface area contributed by atoms with Crippen molar-refractivity contribution in [3.8, 4) is 0 Å². The molecule has 0 aliphatic heterocycles. The van der Waals surface area contributed by atoms with Gasteiger partial charge in [0, 0.05) is 22.0 Å². The summed E-state index contributed by atoms with van der Waals surface area (Å²) in [5.74, 6) is 0. The summed E-state index contributed by atoms with van der Waals surface area (Å²) in [5, 5.41) is 0. The van der Waals surface area contributed by atoms with Crippen LogP contribution in [0.3, 0.4) is 0 Å². The van der Waals surface area contributed by atoms with Gasteiger partial charge >= 0.3 is 0 Å². The van der Waals surface area contributed by atoms with Crippen molar-refractivity contribution in [1.82, 2.24) is 0 Å². The highest BCUT2D eigenvalue weighted by atomic mass is 79.9. The van der Waals surface area contributed by atoms with Crippen LogP contribution in [0, 0.1) is 0 Å². The fourth-order valence-electron chi connectivity index (χ4n) is 1.56. The van der Waals surface area contributed by atoms with Crippen LogP contribution in [0.25, 0.3) is 0 Å². The van der Waals surface area contributed by atoms with Crippen LogP contribution in [0.2, 0.25) is 0 Å². The zero-order chi connectivity index (χ0) is 10.2. The Kier molecular flexibility index (Phi) is 2.62. The lowest BCUT2D eigenvalue weighted by atomic mass is 10.0. The monoisotopic (exact) mass is 257 g/mol. The Morgan fingerprint density at radius 1 is 1.43 bits per heavy atom. The molecule has 0 amide bonds. The maximum atomic E-state index is 13.8. The van der Waals surface area contributed by atoms with E-state index in [0.717, 1.165) is 17.3 Å². The molecule has 1 aromatic carbocycles. The summed E-state index contributed by atoms with van der Waals surface area (Å²) in [4.78, 5) is 0. The highest BCUT2D eigenvalue weighted by molar-refractivity contribution is 9.10. The maximum Gasteiger partial charge on any atom is 0.128 e. The van der Waals surface area contributed by atoms with Gasteiger partial charge in [0.2, 0.25) is 0 Å². The van der Waals surface area contributed by atoms with E-state index in [2.05, 4.69) is 15.9 Å². The molecule has 1 atom stereocenters. The minimum Gasteiger partial charge on any atom is -0.325 e. The predicted molar refractivity (Wildman–Crippen MR) is 58.8 cm³/mol. The van der Waals surface area contributed by atoms with Crippen LogP contribution >= 0.6 is 15.9 Å². The Labute approximate surface area is 91.6 Å². The van der Waals surface area contributed by atoms with E-state index in [0.29, 0.717) is 12.0 Å². The van der Waals surface area contributed by atoms with E-state index in [1.54, 1.807) is 6.07 Å². The lowest BCUT2D eigenvalue weighted by molar-refractivity contribution is 0.294. The first kappa shape index (κ1) is 10.1. The summed E-state index contributed by atoms with van der Waals surface area (Å²) in [6.45, 7) is 0. The summed E-state index contributed by atoms with van der Waals surface area (Å²) >= 11 is 3.34. The van der Waals surface area contributed by atoms with Crippen LogP contribution in [0.5, 0.6) is 0 Å². The number of alkyl halides is 1. The average Bonchev–Trinajstić information content (AvgIpc) is 2.84. The zero-order valence-electron chi connectivity index (χ0n) is 7.84. The first-order valence-corrected chi connectivity index (χ1v) is 5.57. The van der Waals surface area contributed by atoms with Crippen molar-refractivity contribution in [3.63, 3.8) is 0 Å². The van der Waals surface area contributed by atoms with Gasteiger partial charge in [0.25, 0.3) is 0 Å². The van der Waals surface area contributed by atoms with E-state index in [9.17, 15) is 4.39 Å². The molecule has 1 aromatic rings. The van der Waals surface area contributed by atoms with Crippen LogP contribution in [0.15, 0.2) is 28.7 Å². The molecular weight excluding hydrogens is 245 g/mol. The van der Waals surface area contributed by atoms with E-state index in [4.69, 9.17) is 5.73 Å². The van der Waals surface area contributed by atoms with Gasteiger partial charge in [-0.25, -0.2) is 4.39 Å². The molecule has 0 spiro atoms. The molecule has 0 radical (unpaired) electrons. The van der Waals surface area contributed by atoms with Gasteiger partial charge in [-0.15, -0.1) is 0 Å². The van der Waals surface area contributed by atoms with Crippen molar-refractivity contribution in [3.05, 3.63) is 34.3 Å². The van der Waals surface area contributed by atoms with Gasteiger partial charge in [0.1, 0.15) is 6.17 Å². The second kappa shape index (κ2) is 3.63. The van der Waals surface area contributed by atoms with Gasteiger partial charge in [-0.05, 0) is 18.9 Å². The van der Waals surface area contributed by atoms with Gasteiger partial charge in [0.15, 0.2) is 0 Å². The molecular formula is C11H13BrFN. The molecule has 14 heavy (non-hydrogen) atoms. The summed E-state index contributed by atoms with van der Waals surface area (Å²) in [6.07, 6.45) is 1.41. The fraction of sp³-hybridized carbons (Fsp3) is 0.455. The van der Waals surface area contributed by atoms with Crippen LogP contribution in [0.4, 0.5) is 4.39 Å². The largest absolute Gasteiger partial charge is 0.325 e. The molecule has 0 bridgehead atoms. The molecule has 1 unspecified atom stereocenters. The van der Waals surface area contributed by atoms with Gasteiger partial charge in [-0.3, -0.25) is 0 Å². The van der Waals surface area contributed by atoms with Crippen molar-refractivity contribution < 1.29 is 4.39 Å². The predicted octanol–water partition coefficient (Wildman–Crippen LogP) is 3.34. The molecule has 1 aliphatic carbocycles. The van der Waals surface area contributed by atoms with E-state index in [1.807, 2.05) is 18.2 Å². The summed E-state index contributed by atoms with van der Waals surface area (Å²) in [6, 6.07) is 7.40. The Bertz CT molecular complexity index is 336. The molecule has 0 heterocycles. The number of benzene rings is 1. The molecule has 2 rings (SSSR count). The fourth-order valence-corrected chi connectivity index (χ4v) is 2.09. The molecule has 0 aromatic heterocycles. The van der Waals surface area contributed by atoms with Crippen molar-refractivity contribution in [2.24, 2.45) is 5.73 Å². The van der Waals surface area contributed by atoms with Crippen molar-refractivity contribution in [2.45, 2.75) is 31.0 Å². The minimum absolute atomic E-state index is 0.227. The van der Waals surface area contributed by atoms with Gasteiger partial charge in [-0.1, -0.05) is 34.1 Å². The lowest BCUT2D eigenvalue weighted by Gasteiger charge is -2.14. The molecule has 76 valence electrons. The molecule has 1 fully saturated rings. The Hall–Kier alpha value is -0.410. The third-order valence-electron chi connectivity index (χ3n) is 2.72. The normalized spacial score (nSPS) is 20.5. The van der Waals surface area contributed by atoms with Crippen molar-refractivity contribution in [1.29, 1.82) is 0 Å². The molecule has 2 N–H and O–H groups in total. The van der Waals surface area contributed by atoms with Gasteiger partial charge < -0.3 is 5.73 Å². The Morgan fingerprint density at radius 3 is 2.64 bits per heavy atom. The third kappa shape index (κ3) is 2.15. The molecule has 1 aliphatic rings. The number of hydrogen-bond donors (Lipinski definition) is 1. The van der Waals surface area contributed by atoms with Crippen molar-refractivity contribution >= 4 is 15.9 Å². The van der Waals surface area contributed by atoms with Crippen LogP contribution in [-0.4, -0.2) is 5.54 Å². The first-order valence-electron chi connectivity index (χ1n) is 4.78. The molecule has 1 saturated carbocycles. The quantitative estimate of drug-likeness (QED) is 0.884. The number of nitrogens with two attached hydrogens (primary N) is 1. The number of hydrogen-bond acceptors (Lipinski definition) is 1. The Balaban J connectivity index is 2.10. The third-order valence-corrected chi connectivity index (χ3v) is 3.44. The van der Waals surface area contributed by atoms with Crippen molar-refractivity contribution in [2.75, 3.05) is 0 Å². The average molecular weight is 258 g/mol. The second-order valence-electron chi connectivity index (χ2n) is 4.06. The maximum absolute atomic E-state index is 13.8. The summed E-state index contributed by atoms with van der Waals surface area (Å²) < 4.78 is 14.7. The summed E-state index contributed by atoms with van der Waals surface area (Å²) in [7, 11) is 0. The standard InChI is InChI=1S/C11H13BrFN/c12-9-4-2-1-3-8(9)10(13)7-11(14)5-6-11/h1-4,10H,5-7,14H2. The minimum atomic E-state index is -0.946. The number of rotatable bonds is 3. The molecule has 1 nitrogen and oxygen atoms in total. The lowest BCUT2D eigenvalue weighted by Crippen LogP contribution is -2.23.